The van der Waals surface area contributed by atoms with Crippen molar-refractivity contribution in [2.24, 2.45) is 0 Å². The minimum atomic E-state index is -0.743. The Bertz CT molecular complexity index is 1310. The number of halogens is 2. The van der Waals surface area contributed by atoms with E-state index in [4.69, 9.17) is 0 Å². The van der Waals surface area contributed by atoms with Gasteiger partial charge in [0.05, 0.1) is 18.4 Å². The third kappa shape index (κ3) is 3.18. The van der Waals surface area contributed by atoms with Crippen molar-refractivity contribution in [2.75, 3.05) is 5.32 Å². The van der Waals surface area contributed by atoms with E-state index in [0.717, 1.165) is 25.0 Å². The summed E-state index contributed by atoms with van der Waals surface area (Å²) in [5, 5.41) is 13.0. The number of hydrogen-bond acceptors (Lipinski definition) is 5. The molecule has 2 heterocycles. The van der Waals surface area contributed by atoms with Crippen LogP contribution in [-0.4, -0.2) is 30.3 Å². The normalized spacial score (nSPS) is 13.7. The van der Waals surface area contributed by atoms with Gasteiger partial charge >= 0.3 is 5.69 Å². The van der Waals surface area contributed by atoms with E-state index < -0.39 is 17.3 Å². The average Bonchev–Trinajstić information content (AvgIpc) is 3.48. The van der Waals surface area contributed by atoms with Crippen molar-refractivity contribution in [1.82, 2.24) is 19.1 Å². The molecule has 7 nitrogen and oxygen atoms in total. The van der Waals surface area contributed by atoms with Crippen LogP contribution in [0.25, 0.3) is 16.9 Å². The summed E-state index contributed by atoms with van der Waals surface area (Å²) >= 11 is 0. The van der Waals surface area contributed by atoms with Crippen LogP contribution >= 0.6 is 0 Å². The molecule has 2 aromatic carbocycles. The molecule has 1 aliphatic carbocycles. The van der Waals surface area contributed by atoms with Crippen LogP contribution < -0.4 is 11.0 Å². The number of rotatable bonds is 5. The molecule has 30 heavy (non-hydrogen) atoms. The molecule has 0 spiro atoms. The Morgan fingerprint density at radius 1 is 1.13 bits per heavy atom. The van der Waals surface area contributed by atoms with Crippen LogP contribution in [0, 0.1) is 11.6 Å². The van der Waals surface area contributed by atoms with Crippen molar-refractivity contribution >= 4 is 17.1 Å². The maximum absolute atomic E-state index is 14.2. The summed E-state index contributed by atoms with van der Waals surface area (Å²) in [5.74, 6) is -1.14. The molecule has 2 N–H and O–H groups in total. The van der Waals surface area contributed by atoms with Crippen LogP contribution in [-0.2, 0) is 6.54 Å². The number of phenolic OH excluding ortho intramolecular Hbond substituents is 1. The van der Waals surface area contributed by atoms with Crippen molar-refractivity contribution in [3.05, 3.63) is 76.3 Å². The molecule has 0 saturated heterocycles. The average molecular weight is 409 g/mol. The number of hydrogen-bond donors (Lipinski definition) is 2. The summed E-state index contributed by atoms with van der Waals surface area (Å²) in [4.78, 5) is 22.0. The molecule has 9 heteroatoms. The van der Waals surface area contributed by atoms with Gasteiger partial charge in [-0.15, -0.1) is 0 Å². The number of aromatic nitrogens is 4. The monoisotopic (exact) mass is 409 g/mol. The Morgan fingerprint density at radius 2 is 1.87 bits per heavy atom. The van der Waals surface area contributed by atoms with Crippen LogP contribution in [0.5, 0.6) is 5.75 Å². The SMILES string of the molecule is O=c1n(Cc2c(F)cccc2F)c2cnc(NC3CC3)nc2n1-c1cccc(O)c1. The van der Waals surface area contributed by atoms with E-state index in [1.54, 1.807) is 12.1 Å². The van der Waals surface area contributed by atoms with Gasteiger partial charge in [0.25, 0.3) is 0 Å². The predicted molar refractivity (Wildman–Crippen MR) is 107 cm³/mol. The highest BCUT2D eigenvalue weighted by Crippen LogP contribution is 2.25. The van der Waals surface area contributed by atoms with Crippen LogP contribution in [0.4, 0.5) is 14.7 Å². The molecule has 0 aliphatic heterocycles. The fourth-order valence-electron chi connectivity index (χ4n) is 3.37. The summed E-state index contributed by atoms with van der Waals surface area (Å²) in [6, 6.07) is 10.0. The van der Waals surface area contributed by atoms with Gasteiger partial charge < -0.3 is 10.4 Å². The second kappa shape index (κ2) is 6.94. The van der Waals surface area contributed by atoms with Gasteiger partial charge in [-0.25, -0.2) is 23.1 Å². The summed E-state index contributed by atoms with van der Waals surface area (Å²) < 4.78 is 31.0. The molecule has 0 amide bonds. The van der Waals surface area contributed by atoms with Crippen molar-refractivity contribution in [1.29, 1.82) is 0 Å². The summed E-state index contributed by atoms with van der Waals surface area (Å²) in [6.07, 6.45) is 3.51. The largest absolute Gasteiger partial charge is 0.508 e. The molecule has 0 unspecified atom stereocenters. The van der Waals surface area contributed by atoms with Gasteiger partial charge in [-0.05, 0) is 37.1 Å². The van der Waals surface area contributed by atoms with Gasteiger partial charge in [-0.2, -0.15) is 4.98 Å². The molecule has 1 fully saturated rings. The van der Waals surface area contributed by atoms with Gasteiger partial charge in [0.15, 0.2) is 5.65 Å². The molecule has 1 saturated carbocycles. The number of phenols is 1. The quantitative estimate of drug-likeness (QED) is 0.529. The van der Waals surface area contributed by atoms with E-state index >= 15 is 0 Å². The molecule has 4 aromatic rings. The first-order chi connectivity index (χ1) is 14.5. The molecule has 0 radical (unpaired) electrons. The van der Waals surface area contributed by atoms with E-state index in [2.05, 4.69) is 15.3 Å². The lowest BCUT2D eigenvalue weighted by Crippen LogP contribution is -2.24. The number of benzene rings is 2. The van der Waals surface area contributed by atoms with Gasteiger partial charge in [0, 0.05) is 17.7 Å². The Balaban J connectivity index is 1.72. The molecule has 5 rings (SSSR count). The predicted octanol–water partition coefficient (Wildman–Crippen LogP) is 3.19. The van der Waals surface area contributed by atoms with Gasteiger partial charge in [0.2, 0.25) is 5.95 Å². The molecule has 1 aliphatic rings. The molecule has 152 valence electrons. The fourth-order valence-corrected chi connectivity index (χ4v) is 3.37. The summed E-state index contributed by atoms with van der Waals surface area (Å²) in [5.41, 5.74) is 0.215. The first-order valence-corrected chi connectivity index (χ1v) is 9.48. The maximum atomic E-state index is 14.2. The fraction of sp³-hybridized carbons (Fsp3) is 0.190. The van der Waals surface area contributed by atoms with Crippen molar-refractivity contribution in [2.45, 2.75) is 25.4 Å². The second-order valence-corrected chi connectivity index (χ2v) is 7.25. The highest BCUT2D eigenvalue weighted by atomic mass is 19.1. The van der Waals surface area contributed by atoms with Crippen LogP contribution in [0.1, 0.15) is 18.4 Å². The Labute approximate surface area is 169 Å². The van der Waals surface area contributed by atoms with Crippen molar-refractivity contribution in [3.8, 4) is 11.4 Å². The van der Waals surface area contributed by atoms with E-state index in [-0.39, 0.29) is 23.5 Å². The smallest absolute Gasteiger partial charge is 0.335 e. The molecule has 0 bridgehead atoms. The number of fused-ring (bicyclic) bond motifs is 1. The highest BCUT2D eigenvalue weighted by molar-refractivity contribution is 5.74. The lowest BCUT2D eigenvalue weighted by Gasteiger charge is -2.06. The standard InChI is InChI=1S/C21H17F2N5O2/c22-16-5-2-6-17(23)15(16)11-27-18-10-24-20(25-12-7-8-12)26-19(18)28(21(27)30)13-3-1-4-14(29)9-13/h1-6,9-10,12,29H,7-8,11H2,(H,24,25,26). The zero-order valence-electron chi connectivity index (χ0n) is 15.7. The van der Waals surface area contributed by atoms with E-state index in [1.807, 2.05) is 0 Å². The first-order valence-electron chi connectivity index (χ1n) is 9.48. The minimum absolute atomic E-state index is 0.0224. The maximum Gasteiger partial charge on any atom is 0.335 e. The van der Waals surface area contributed by atoms with Crippen LogP contribution in [0.2, 0.25) is 0 Å². The van der Waals surface area contributed by atoms with Crippen LogP contribution in [0.3, 0.4) is 0 Å². The van der Waals surface area contributed by atoms with Crippen molar-refractivity contribution in [3.63, 3.8) is 0 Å². The van der Waals surface area contributed by atoms with Gasteiger partial charge in [0.1, 0.15) is 22.9 Å². The van der Waals surface area contributed by atoms with E-state index in [9.17, 15) is 18.7 Å². The zero-order valence-corrected chi connectivity index (χ0v) is 15.7. The van der Waals surface area contributed by atoms with Gasteiger partial charge in [-0.3, -0.25) is 4.57 Å². The topological polar surface area (TPSA) is 85.0 Å². The van der Waals surface area contributed by atoms with E-state index in [1.165, 1.54) is 33.5 Å². The molecular weight excluding hydrogens is 392 g/mol. The zero-order chi connectivity index (χ0) is 20.8. The highest BCUT2D eigenvalue weighted by Gasteiger charge is 2.24. The minimum Gasteiger partial charge on any atom is -0.508 e. The third-order valence-corrected chi connectivity index (χ3v) is 5.05. The summed E-state index contributed by atoms with van der Waals surface area (Å²) in [6.45, 7) is -0.321. The Morgan fingerprint density at radius 3 is 2.57 bits per heavy atom. The third-order valence-electron chi connectivity index (χ3n) is 5.05. The molecule has 0 atom stereocenters. The number of aromatic hydroxyl groups is 1. The van der Waals surface area contributed by atoms with Gasteiger partial charge in [-0.1, -0.05) is 12.1 Å². The molecular formula is C21H17F2N5O2. The molecule has 2 aromatic heterocycles. The number of nitrogens with zero attached hydrogens (tertiary/aromatic N) is 4. The number of imidazole rings is 1. The Kier molecular flexibility index (Phi) is 4.23. The first kappa shape index (κ1) is 18.3. The Hall–Kier alpha value is -3.75. The lowest BCUT2D eigenvalue weighted by atomic mass is 10.2. The van der Waals surface area contributed by atoms with E-state index in [0.29, 0.717) is 23.2 Å². The number of nitrogens with one attached hydrogen (secondary N) is 1. The number of anilines is 1. The lowest BCUT2D eigenvalue weighted by molar-refractivity contribution is 0.475. The second-order valence-electron chi connectivity index (χ2n) is 7.25. The van der Waals surface area contributed by atoms with Crippen LogP contribution in [0.15, 0.2) is 53.5 Å². The van der Waals surface area contributed by atoms with Crippen molar-refractivity contribution < 1.29 is 13.9 Å². The summed E-state index contributed by atoms with van der Waals surface area (Å²) in [7, 11) is 0.